The van der Waals surface area contributed by atoms with Crippen LogP contribution in [0.3, 0.4) is 0 Å². The van der Waals surface area contributed by atoms with Gasteiger partial charge in [0.1, 0.15) is 5.54 Å². The van der Waals surface area contributed by atoms with Crippen LogP contribution in [0.4, 0.5) is 0 Å². The number of carbonyl (C=O) groups excluding carboxylic acids is 2. The van der Waals surface area contributed by atoms with Crippen molar-refractivity contribution in [1.29, 1.82) is 0 Å². The Balaban J connectivity index is 2.11. The van der Waals surface area contributed by atoms with E-state index in [9.17, 15) is 9.59 Å². The van der Waals surface area contributed by atoms with E-state index < -0.39 is 5.54 Å². The lowest BCUT2D eigenvalue weighted by atomic mass is 9.98. The molecule has 2 heterocycles. The van der Waals surface area contributed by atoms with Gasteiger partial charge in [-0.25, -0.2) is 0 Å². The highest BCUT2D eigenvalue weighted by molar-refractivity contribution is 7.11. The molecule has 0 spiro atoms. The molecule has 19 heavy (non-hydrogen) atoms. The summed E-state index contributed by atoms with van der Waals surface area (Å²) in [4.78, 5) is 28.2. The van der Waals surface area contributed by atoms with Crippen LogP contribution >= 0.6 is 11.3 Å². The van der Waals surface area contributed by atoms with E-state index in [4.69, 9.17) is 0 Å². The van der Waals surface area contributed by atoms with Crippen molar-refractivity contribution in [3.8, 4) is 0 Å². The van der Waals surface area contributed by atoms with Crippen molar-refractivity contribution in [2.45, 2.75) is 45.7 Å². The molecule has 2 amide bonds. The van der Waals surface area contributed by atoms with E-state index in [-0.39, 0.29) is 24.4 Å². The Labute approximate surface area is 117 Å². The molecule has 1 fully saturated rings. The number of aryl methyl sites for hydroxylation is 1. The molecular weight excluding hydrogens is 260 g/mol. The predicted octanol–water partition coefficient (Wildman–Crippen LogP) is 1.72. The first-order valence-electron chi connectivity index (χ1n) is 6.47. The Morgan fingerprint density at radius 3 is 2.68 bits per heavy atom. The third-order valence-corrected chi connectivity index (χ3v) is 4.41. The predicted molar refractivity (Wildman–Crippen MR) is 76.2 cm³/mol. The lowest BCUT2D eigenvalue weighted by molar-refractivity contribution is -0.150. The molecule has 1 unspecified atom stereocenters. The molecule has 0 aliphatic carbocycles. The quantitative estimate of drug-likeness (QED) is 0.916. The molecule has 1 aromatic rings. The van der Waals surface area contributed by atoms with Crippen molar-refractivity contribution >= 4 is 23.2 Å². The molecule has 0 aromatic carbocycles. The molecule has 0 saturated carbocycles. The third-order valence-electron chi connectivity index (χ3n) is 3.39. The number of piperazine rings is 1. The molecule has 1 aliphatic rings. The number of nitrogens with zero attached hydrogens (tertiary/aromatic N) is 1. The summed E-state index contributed by atoms with van der Waals surface area (Å²) in [7, 11) is 0. The molecule has 1 aromatic heterocycles. The van der Waals surface area contributed by atoms with Crippen LogP contribution < -0.4 is 5.32 Å². The van der Waals surface area contributed by atoms with Crippen LogP contribution in [0, 0.1) is 6.92 Å². The maximum Gasteiger partial charge on any atom is 0.248 e. The summed E-state index contributed by atoms with van der Waals surface area (Å²) in [5.74, 6) is -0.0910. The Hall–Kier alpha value is -1.36. The molecule has 1 N–H and O–H groups in total. The van der Waals surface area contributed by atoms with Crippen molar-refractivity contribution < 1.29 is 9.59 Å². The summed E-state index contributed by atoms with van der Waals surface area (Å²) in [6.45, 7) is 7.74. The first-order chi connectivity index (χ1) is 8.79. The van der Waals surface area contributed by atoms with E-state index in [1.54, 1.807) is 30.1 Å². The number of carbonyl (C=O) groups is 2. The molecule has 1 aliphatic heterocycles. The summed E-state index contributed by atoms with van der Waals surface area (Å²) < 4.78 is 0. The van der Waals surface area contributed by atoms with Gasteiger partial charge in [0.25, 0.3) is 0 Å². The highest BCUT2D eigenvalue weighted by atomic mass is 32.1. The number of hydrogen-bond donors (Lipinski definition) is 1. The second kappa shape index (κ2) is 4.96. The van der Waals surface area contributed by atoms with Crippen molar-refractivity contribution in [3.63, 3.8) is 0 Å². The van der Waals surface area contributed by atoms with Crippen LogP contribution in [0.1, 0.15) is 30.5 Å². The van der Waals surface area contributed by atoms with Gasteiger partial charge in [0.05, 0.1) is 6.54 Å². The van der Waals surface area contributed by atoms with Crippen LogP contribution in [-0.4, -0.2) is 34.8 Å². The van der Waals surface area contributed by atoms with Crippen molar-refractivity contribution in [2.24, 2.45) is 0 Å². The molecule has 0 bridgehead atoms. The summed E-state index contributed by atoms with van der Waals surface area (Å²) in [6.07, 6.45) is 0.799. The fourth-order valence-electron chi connectivity index (χ4n) is 2.38. The fraction of sp³-hybridized carbons (Fsp3) is 0.571. The number of nitrogens with one attached hydrogen (secondary N) is 1. The first-order valence-corrected chi connectivity index (χ1v) is 7.28. The average molecular weight is 280 g/mol. The second-order valence-corrected chi connectivity index (χ2v) is 7.04. The Morgan fingerprint density at radius 1 is 1.42 bits per heavy atom. The number of thiophene rings is 1. The van der Waals surface area contributed by atoms with Gasteiger partial charge in [-0.05, 0) is 39.8 Å². The highest BCUT2D eigenvalue weighted by Gasteiger charge is 2.40. The van der Waals surface area contributed by atoms with E-state index >= 15 is 0 Å². The van der Waals surface area contributed by atoms with Gasteiger partial charge in [-0.2, -0.15) is 0 Å². The van der Waals surface area contributed by atoms with Crippen molar-refractivity contribution in [1.82, 2.24) is 10.2 Å². The van der Waals surface area contributed by atoms with Gasteiger partial charge in [-0.3, -0.25) is 9.59 Å². The molecule has 104 valence electrons. The molecule has 5 heteroatoms. The van der Waals surface area contributed by atoms with E-state index in [1.165, 1.54) is 9.75 Å². The smallest absolute Gasteiger partial charge is 0.248 e. The van der Waals surface area contributed by atoms with Gasteiger partial charge >= 0.3 is 0 Å². The van der Waals surface area contributed by atoms with Gasteiger partial charge in [-0.15, -0.1) is 11.3 Å². The monoisotopic (exact) mass is 280 g/mol. The van der Waals surface area contributed by atoms with Crippen molar-refractivity contribution in [3.05, 3.63) is 21.9 Å². The normalized spacial score (nSPS) is 20.3. The molecule has 1 saturated heterocycles. The van der Waals surface area contributed by atoms with E-state index in [0.29, 0.717) is 0 Å². The fourth-order valence-corrected chi connectivity index (χ4v) is 3.39. The van der Waals surface area contributed by atoms with Crippen LogP contribution in [-0.2, 0) is 16.0 Å². The standard InChI is InChI=1S/C14H20N2O2S/c1-9(7-11-6-5-10(2)19-11)16-8-12(17)15-14(3,4)13(16)18/h5-6,9H,7-8H2,1-4H3,(H,15,17). The Kier molecular flexibility index (Phi) is 3.67. The lowest BCUT2D eigenvalue weighted by Crippen LogP contribution is -2.65. The average Bonchev–Trinajstić information content (AvgIpc) is 2.68. The van der Waals surface area contributed by atoms with Crippen LogP contribution in [0.2, 0.25) is 0 Å². The zero-order valence-corrected chi connectivity index (χ0v) is 12.6. The van der Waals surface area contributed by atoms with Crippen LogP contribution in [0.5, 0.6) is 0 Å². The molecule has 0 radical (unpaired) electrons. The summed E-state index contributed by atoms with van der Waals surface area (Å²) in [5, 5.41) is 2.73. The summed E-state index contributed by atoms with van der Waals surface area (Å²) in [5.41, 5.74) is -0.797. The van der Waals surface area contributed by atoms with Gasteiger partial charge in [-0.1, -0.05) is 0 Å². The number of hydrogen-bond acceptors (Lipinski definition) is 3. The molecular formula is C14H20N2O2S. The Bertz CT molecular complexity index is 507. The van der Waals surface area contributed by atoms with Gasteiger partial charge < -0.3 is 10.2 Å². The van der Waals surface area contributed by atoms with E-state index in [2.05, 4.69) is 24.4 Å². The van der Waals surface area contributed by atoms with Crippen LogP contribution in [0.25, 0.3) is 0 Å². The van der Waals surface area contributed by atoms with Gasteiger partial charge in [0.2, 0.25) is 11.8 Å². The number of amides is 2. The minimum absolute atomic E-state index is 0.00659. The van der Waals surface area contributed by atoms with E-state index in [0.717, 1.165) is 6.42 Å². The maximum absolute atomic E-state index is 12.3. The topological polar surface area (TPSA) is 49.4 Å². The molecule has 1 atom stereocenters. The minimum Gasteiger partial charge on any atom is -0.341 e. The van der Waals surface area contributed by atoms with Gasteiger partial charge in [0.15, 0.2) is 0 Å². The van der Waals surface area contributed by atoms with Gasteiger partial charge in [0, 0.05) is 22.2 Å². The van der Waals surface area contributed by atoms with Crippen molar-refractivity contribution in [2.75, 3.05) is 6.54 Å². The molecule has 2 rings (SSSR count). The largest absolute Gasteiger partial charge is 0.341 e. The number of rotatable bonds is 3. The lowest BCUT2D eigenvalue weighted by Gasteiger charge is -2.40. The SMILES string of the molecule is Cc1ccc(CC(C)N2CC(=O)NC(C)(C)C2=O)s1. The zero-order valence-electron chi connectivity index (χ0n) is 11.8. The van der Waals surface area contributed by atoms with Crippen LogP contribution in [0.15, 0.2) is 12.1 Å². The van der Waals surface area contributed by atoms with E-state index in [1.807, 2.05) is 6.92 Å². The summed E-state index contributed by atoms with van der Waals surface area (Å²) >= 11 is 1.74. The Morgan fingerprint density at radius 2 is 2.11 bits per heavy atom. The molecule has 4 nitrogen and oxygen atoms in total. The second-order valence-electron chi connectivity index (χ2n) is 5.67. The maximum atomic E-state index is 12.3. The highest BCUT2D eigenvalue weighted by Crippen LogP contribution is 2.21. The third kappa shape index (κ3) is 2.97. The zero-order chi connectivity index (χ0) is 14.2. The minimum atomic E-state index is -0.797. The first kappa shape index (κ1) is 14.1. The summed E-state index contributed by atoms with van der Waals surface area (Å²) in [6, 6.07) is 4.22.